The molecule has 1 aromatic rings. The quantitative estimate of drug-likeness (QED) is 0.632. The second-order valence-electron chi connectivity index (χ2n) is 1.70. The first-order valence-corrected chi connectivity index (χ1v) is 4.27. The van der Waals surface area contributed by atoms with Gasteiger partial charge in [-0.2, -0.15) is 0 Å². The summed E-state index contributed by atoms with van der Waals surface area (Å²) >= 11 is 19.9. The van der Waals surface area contributed by atoms with Crippen LogP contribution in [0.2, 0.25) is 0 Å². The van der Waals surface area contributed by atoms with Gasteiger partial charge in [0, 0.05) is 6.20 Å². The van der Waals surface area contributed by atoms with Crippen LogP contribution in [0.3, 0.4) is 0 Å². The monoisotopic (exact) mass is 261 g/mol. The Morgan fingerprint density at radius 1 is 1.40 bits per heavy atom. The molecule has 0 bridgehead atoms. The maximum absolute atomic E-state index is 5.59. The molecule has 1 aromatic heterocycles. The van der Waals surface area contributed by atoms with Gasteiger partial charge in [-0.05, 0) is 12.1 Å². The lowest BCUT2D eigenvalue weighted by Crippen LogP contribution is -2.02. The molecular formula is C5H3BrCl3N. The molecule has 10 heavy (non-hydrogen) atoms. The minimum absolute atomic E-state index is 0.595. The Labute approximate surface area is 82.2 Å². The van der Waals surface area contributed by atoms with Crippen LogP contribution in [0.5, 0.6) is 0 Å². The Morgan fingerprint density at radius 2 is 2.00 bits per heavy atom. The van der Waals surface area contributed by atoms with Crippen molar-refractivity contribution >= 4 is 51.0 Å². The number of alkyl halides is 3. The lowest BCUT2D eigenvalue weighted by molar-refractivity contribution is 1.09. The molecule has 1 heterocycles. The van der Waals surface area contributed by atoms with Crippen molar-refractivity contribution in [1.82, 2.24) is 3.59 Å². The first-order chi connectivity index (χ1) is 4.52. The third-order valence-corrected chi connectivity index (χ3v) is 2.19. The summed E-state index contributed by atoms with van der Waals surface area (Å²) in [5.74, 6) is 0. The zero-order valence-electron chi connectivity index (χ0n) is 4.69. The number of halogens is 4. The molecular weight excluding hydrogens is 260 g/mol. The van der Waals surface area contributed by atoms with Crippen molar-refractivity contribution in [3.8, 4) is 0 Å². The molecule has 0 fully saturated rings. The predicted octanol–water partition coefficient (Wildman–Crippen LogP) is 3.47. The van der Waals surface area contributed by atoms with Gasteiger partial charge in [0.25, 0.3) is 0 Å². The average molecular weight is 263 g/mol. The summed E-state index contributed by atoms with van der Waals surface area (Å²) in [6, 6.07) is 3.51. The van der Waals surface area contributed by atoms with Crippen molar-refractivity contribution in [3.63, 3.8) is 0 Å². The summed E-state index contributed by atoms with van der Waals surface area (Å²) in [6.45, 7) is 0. The van der Waals surface area contributed by atoms with Crippen LogP contribution in [0, 0.1) is 0 Å². The van der Waals surface area contributed by atoms with Crippen molar-refractivity contribution in [2.45, 2.75) is 3.79 Å². The lowest BCUT2D eigenvalue weighted by Gasteiger charge is -2.09. The fourth-order valence-electron chi connectivity index (χ4n) is 0.577. The maximum atomic E-state index is 5.59. The fourth-order valence-corrected chi connectivity index (χ4v) is 1.87. The van der Waals surface area contributed by atoms with Crippen molar-refractivity contribution in [2.24, 2.45) is 0 Å². The van der Waals surface area contributed by atoms with E-state index in [0.717, 1.165) is 0 Å². The minimum atomic E-state index is -1.35. The van der Waals surface area contributed by atoms with Gasteiger partial charge in [0.15, 0.2) is 0 Å². The summed E-state index contributed by atoms with van der Waals surface area (Å²) in [6.07, 6.45) is 1.75. The van der Waals surface area contributed by atoms with E-state index < -0.39 is 3.79 Å². The summed E-state index contributed by atoms with van der Waals surface area (Å²) in [4.78, 5) is 0. The smallest absolute Gasteiger partial charge is 0.231 e. The minimum Gasteiger partial charge on any atom is -0.284 e. The molecule has 1 rings (SSSR count). The molecule has 0 aliphatic carbocycles. The van der Waals surface area contributed by atoms with Crippen molar-refractivity contribution in [2.75, 3.05) is 0 Å². The molecule has 5 heteroatoms. The largest absolute Gasteiger partial charge is 0.284 e. The molecule has 0 N–H and O–H groups in total. The van der Waals surface area contributed by atoms with Crippen LogP contribution < -0.4 is 0 Å². The molecule has 0 saturated carbocycles. The van der Waals surface area contributed by atoms with Gasteiger partial charge in [-0.3, -0.25) is 3.59 Å². The third-order valence-electron chi connectivity index (χ3n) is 0.992. The van der Waals surface area contributed by atoms with Crippen LogP contribution >= 0.6 is 51.0 Å². The zero-order valence-corrected chi connectivity index (χ0v) is 8.54. The van der Waals surface area contributed by atoms with Crippen molar-refractivity contribution < 1.29 is 0 Å². The van der Waals surface area contributed by atoms with E-state index in [1.807, 2.05) is 0 Å². The zero-order chi connectivity index (χ0) is 7.78. The molecule has 0 saturated heterocycles. The van der Waals surface area contributed by atoms with Gasteiger partial charge in [0.1, 0.15) is 0 Å². The molecule has 0 unspecified atom stereocenters. The predicted molar refractivity (Wildman–Crippen MR) is 48.0 cm³/mol. The van der Waals surface area contributed by atoms with Gasteiger partial charge in [-0.25, -0.2) is 0 Å². The Balaban J connectivity index is 3.05. The van der Waals surface area contributed by atoms with Gasteiger partial charge in [-0.1, -0.05) is 34.8 Å². The van der Waals surface area contributed by atoms with Gasteiger partial charge in [0.05, 0.1) is 21.8 Å². The van der Waals surface area contributed by atoms with Crippen molar-refractivity contribution in [1.29, 1.82) is 0 Å². The second-order valence-corrected chi connectivity index (χ2v) is 4.75. The highest BCUT2D eigenvalue weighted by atomic mass is 79.9. The van der Waals surface area contributed by atoms with E-state index in [2.05, 4.69) is 16.1 Å². The normalized spacial score (nSPS) is 12.0. The SMILES string of the molecule is ClC(Cl)(Cl)c1cccn1Br. The number of rotatable bonds is 0. The molecule has 1 nitrogen and oxygen atoms in total. The van der Waals surface area contributed by atoms with Crippen LogP contribution in [-0.2, 0) is 3.79 Å². The Kier molecular flexibility index (Phi) is 2.56. The second kappa shape index (κ2) is 2.94. The first kappa shape index (κ1) is 8.72. The highest BCUT2D eigenvalue weighted by Crippen LogP contribution is 2.38. The molecule has 0 radical (unpaired) electrons. The number of aromatic nitrogens is 1. The maximum Gasteiger partial charge on any atom is 0.231 e. The molecule has 0 aliphatic rings. The van der Waals surface area contributed by atoms with E-state index in [1.165, 1.54) is 0 Å². The molecule has 0 aliphatic heterocycles. The highest BCUT2D eigenvalue weighted by molar-refractivity contribution is 9.08. The molecule has 0 aromatic carbocycles. The summed E-state index contributed by atoms with van der Waals surface area (Å²) in [7, 11) is 0. The summed E-state index contributed by atoms with van der Waals surface area (Å²) in [5, 5.41) is 0. The molecule has 0 atom stereocenters. The van der Waals surface area contributed by atoms with Crippen molar-refractivity contribution in [3.05, 3.63) is 24.0 Å². The van der Waals surface area contributed by atoms with Crippen LogP contribution in [0.25, 0.3) is 0 Å². The van der Waals surface area contributed by atoms with Gasteiger partial charge in [0.2, 0.25) is 3.79 Å². The Hall–Kier alpha value is 0.630. The fraction of sp³-hybridized carbons (Fsp3) is 0.200. The van der Waals surface area contributed by atoms with E-state index in [9.17, 15) is 0 Å². The van der Waals surface area contributed by atoms with E-state index in [4.69, 9.17) is 34.8 Å². The van der Waals surface area contributed by atoms with Crippen LogP contribution in [0.1, 0.15) is 5.69 Å². The van der Waals surface area contributed by atoms with Gasteiger partial charge in [-0.15, -0.1) is 0 Å². The first-order valence-electron chi connectivity index (χ1n) is 2.42. The number of hydrogen-bond acceptors (Lipinski definition) is 0. The van der Waals surface area contributed by atoms with E-state index in [-0.39, 0.29) is 0 Å². The summed E-state index contributed by atoms with van der Waals surface area (Å²) in [5.41, 5.74) is 0.595. The van der Waals surface area contributed by atoms with E-state index >= 15 is 0 Å². The topological polar surface area (TPSA) is 4.93 Å². The highest BCUT2D eigenvalue weighted by Gasteiger charge is 2.25. The third kappa shape index (κ3) is 1.82. The summed E-state index contributed by atoms with van der Waals surface area (Å²) < 4.78 is 0.229. The lowest BCUT2D eigenvalue weighted by atomic mass is 10.5. The van der Waals surface area contributed by atoms with Crippen LogP contribution in [-0.4, -0.2) is 3.59 Å². The Bertz CT molecular complexity index is 227. The number of nitrogens with zero attached hydrogens (tertiary/aromatic N) is 1. The van der Waals surface area contributed by atoms with E-state index in [1.54, 1.807) is 21.9 Å². The molecule has 56 valence electrons. The van der Waals surface area contributed by atoms with E-state index in [0.29, 0.717) is 5.69 Å². The number of hydrogen-bond donors (Lipinski definition) is 0. The molecule has 0 spiro atoms. The molecule has 0 amide bonds. The van der Waals surface area contributed by atoms with Gasteiger partial charge < -0.3 is 0 Å². The average Bonchev–Trinajstić information content (AvgIpc) is 2.11. The van der Waals surface area contributed by atoms with Crippen LogP contribution in [0.4, 0.5) is 0 Å². The van der Waals surface area contributed by atoms with Gasteiger partial charge >= 0.3 is 0 Å². The Morgan fingerprint density at radius 3 is 2.20 bits per heavy atom. The van der Waals surface area contributed by atoms with Crippen LogP contribution in [0.15, 0.2) is 18.3 Å². The standard InChI is InChI=1S/C5H3BrCl3N/c6-10-3-1-2-4(10)5(7,8)9/h1-3H.